The minimum atomic E-state index is -0.917. The average Bonchev–Trinajstić information content (AvgIpc) is 2.97. The van der Waals surface area contributed by atoms with E-state index >= 15 is 0 Å². The summed E-state index contributed by atoms with van der Waals surface area (Å²) in [6.45, 7) is 0.534. The number of nitrogens with one attached hydrogen (secondary N) is 1. The molecule has 0 saturated carbocycles. The molecule has 1 aromatic carbocycles. The normalized spacial score (nSPS) is 18.7. The van der Waals surface area contributed by atoms with Crippen LogP contribution in [0.25, 0.3) is 11.3 Å². The number of rotatable bonds is 2. The Kier molecular flexibility index (Phi) is 3.60. The van der Waals surface area contributed by atoms with Gasteiger partial charge >= 0.3 is 6.09 Å². The number of aromatic nitrogens is 2. The van der Waals surface area contributed by atoms with Crippen LogP contribution in [-0.2, 0) is 0 Å². The largest absolute Gasteiger partial charge is 0.465 e. The molecule has 110 valence electrons. The van der Waals surface area contributed by atoms with Crippen molar-refractivity contribution in [2.45, 2.75) is 25.3 Å². The van der Waals surface area contributed by atoms with Crippen molar-refractivity contribution < 1.29 is 14.3 Å². The van der Waals surface area contributed by atoms with E-state index < -0.39 is 6.09 Å². The molecule has 1 saturated heterocycles. The fourth-order valence-corrected chi connectivity index (χ4v) is 2.72. The van der Waals surface area contributed by atoms with Crippen molar-refractivity contribution in [1.82, 2.24) is 14.9 Å². The van der Waals surface area contributed by atoms with Gasteiger partial charge in [0.15, 0.2) is 0 Å². The van der Waals surface area contributed by atoms with Gasteiger partial charge in [-0.2, -0.15) is 0 Å². The molecule has 1 amide bonds. The number of halogens is 1. The van der Waals surface area contributed by atoms with Crippen LogP contribution in [0.2, 0.25) is 0 Å². The second-order valence-corrected chi connectivity index (χ2v) is 5.17. The number of carbonyl (C=O) groups is 1. The smallest absolute Gasteiger partial charge is 0.407 e. The highest BCUT2D eigenvalue weighted by Gasteiger charge is 2.29. The summed E-state index contributed by atoms with van der Waals surface area (Å²) in [7, 11) is 0. The molecule has 1 aliphatic heterocycles. The summed E-state index contributed by atoms with van der Waals surface area (Å²) in [5.74, 6) is 0.357. The summed E-state index contributed by atoms with van der Waals surface area (Å²) in [4.78, 5) is 20.3. The Morgan fingerprint density at radius 1 is 1.33 bits per heavy atom. The Morgan fingerprint density at radius 3 is 2.81 bits per heavy atom. The summed E-state index contributed by atoms with van der Waals surface area (Å²) < 4.78 is 12.9. The van der Waals surface area contributed by atoms with Gasteiger partial charge < -0.3 is 10.1 Å². The molecule has 2 heterocycles. The number of H-pyrrole nitrogens is 1. The van der Waals surface area contributed by atoms with E-state index in [-0.39, 0.29) is 11.9 Å². The van der Waals surface area contributed by atoms with E-state index in [0.717, 1.165) is 24.8 Å². The molecule has 1 aliphatic rings. The summed E-state index contributed by atoms with van der Waals surface area (Å²) >= 11 is 0. The topological polar surface area (TPSA) is 69.2 Å². The van der Waals surface area contributed by atoms with Gasteiger partial charge in [0, 0.05) is 18.3 Å². The SMILES string of the molecule is O=C(O)N1CCCCC1c1nc(-c2ccc(F)cc2)c[nH]1. The van der Waals surface area contributed by atoms with E-state index in [9.17, 15) is 14.3 Å². The first-order chi connectivity index (χ1) is 10.1. The van der Waals surface area contributed by atoms with Gasteiger partial charge in [-0.25, -0.2) is 14.2 Å². The van der Waals surface area contributed by atoms with Crippen molar-refractivity contribution in [3.8, 4) is 11.3 Å². The molecule has 1 fully saturated rings. The number of amides is 1. The first-order valence-electron chi connectivity index (χ1n) is 6.96. The standard InChI is InChI=1S/C15H16FN3O2/c16-11-6-4-10(5-7-11)12-9-17-14(18-12)13-3-1-2-8-19(13)15(20)21/h4-7,9,13H,1-3,8H2,(H,17,18)(H,20,21). The predicted octanol–water partition coefficient (Wildman–Crippen LogP) is 3.42. The second-order valence-electron chi connectivity index (χ2n) is 5.17. The zero-order valence-electron chi connectivity index (χ0n) is 11.4. The molecule has 2 N–H and O–H groups in total. The van der Waals surface area contributed by atoms with Crippen LogP contribution >= 0.6 is 0 Å². The second kappa shape index (κ2) is 5.55. The highest BCUT2D eigenvalue weighted by Crippen LogP contribution is 2.30. The Bertz CT molecular complexity index is 639. The molecule has 3 rings (SSSR count). The lowest BCUT2D eigenvalue weighted by Gasteiger charge is -2.32. The Hall–Kier alpha value is -2.37. The fourth-order valence-electron chi connectivity index (χ4n) is 2.72. The maximum absolute atomic E-state index is 12.9. The van der Waals surface area contributed by atoms with Crippen LogP contribution < -0.4 is 0 Å². The van der Waals surface area contributed by atoms with Gasteiger partial charge in [-0.3, -0.25) is 4.90 Å². The Balaban J connectivity index is 1.86. The number of piperidine rings is 1. The summed E-state index contributed by atoms with van der Waals surface area (Å²) in [5.41, 5.74) is 1.50. The number of hydrogen-bond acceptors (Lipinski definition) is 2. The quantitative estimate of drug-likeness (QED) is 0.890. The van der Waals surface area contributed by atoms with Gasteiger partial charge in [-0.1, -0.05) is 0 Å². The maximum Gasteiger partial charge on any atom is 0.407 e. The molecule has 1 unspecified atom stereocenters. The van der Waals surface area contributed by atoms with Gasteiger partial charge in [-0.05, 0) is 43.5 Å². The van der Waals surface area contributed by atoms with Gasteiger partial charge in [0.05, 0.1) is 11.7 Å². The van der Waals surface area contributed by atoms with Gasteiger partial charge in [-0.15, -0.1) is 0 Å². The highest BCUT2D eigenvalue weighted by atomic mass is 19.1. The van der Waals surface area contributed by atoms with Crippen LogP contribution in [0.3, 0.4) is 0 Å². The maximum atomic E-state index is 12.9. The van der Waals surface area contributed by atoms with E-state index in [2.05, 4.69) is 9.97 Å². The van der Waals surface area contributed by atoms with E-state index in [1.54, 1.807) is 18.3 Å². The summed E-state index contributed by atoms with van der Waals surface area (Å²) in [6.07, 6.45) is 3.45. The lowest BCUT2D eigenvalue weighted by atomic mass is 10.0. The number of benzene rings is 1. The van der Waals surface area contributed by atoms with E-state index in [0.29, 0.717) is 18.1 Å². The average molecular weight is 289 g/mol. The van der Waals surface area contributed by atoms with Gasteiger partial charge in [0.2, 0.25) is 0 Å². The zero-order chi connectivity index (χ0) is 14.8. The molecule has 0 aliphatic carbocycles. The monoisotopic (exact) mass is 289 g/mol. The molecule has 6 heteroatoms. The molecule has 0 radical (unpaired) electrons. The van der Waals surface area contributed by atoms with Gasteiger partial charge in [0.1, 0.15) is 11.6 Å². The Labute approximate surface area is 121 Å². The third-order valence-electron chi connectivity index (χ3n) is 3.80. The molecular weight excluding hydrogens is 273 g/mol. The summed E-state index contributed by atoms with van der Waals surface area (Å²) in [6, 6.07) is 5.85. The van der Waals surface area contributed by atoms with Crippen molar-refractivity contribution in [3.05, 3.63) is 42.1 Å². The third-order valence-corrected chi connectivity index (χ3v) is 3.80. The van der Waals surface area contributed by atoms with E-state index in [1.165, 1.54) is 17.0 Å². The van der Waals surface area contributed by atoms with Crippen LogP contribution in [0, 0.1) is 5.82 Å². The number of nitrogens with zero attached hydrogens (tertiary/aromatic N) is 2. The van der Waals surface area contributed by atoms with E-state index in [4.69, 9.17) is 0 Å². The first-order valence-corrected chi connectivity index (χ1v) is 6.96. The number of carboxylic acid groups (broad SMARTS) is 1. The molecular formula is C15H16FN3O2. The van der Waals surface area contributed by atoms with Crippen molar-refractivity contribution in [1.29, 1.82) is 0 Å². The number of likely N-dealkylation sites (tertiary alicyclic amines) is 1. The van der Waals surface area contributed by atoms with Crippen LogP contribution in [0.4, 0.5) is 9.18 Å². The number of hydrogen-bond donors (Lipinski definition) is 2. The molecule has 2 aromatic rings. The highest BCUT2D eigenvalue weighted by molar-refractivity contribution is 5.66. The lowest BCUT2D eigenvalue weighted by molar-refractivity contribution is 0.104. The molecule has 1 aromatic heterocycles. The van der Waals surface area contributed by atoms with Crippen LogP contribution in [0.1, 0.15) is 31.1 Å². The first kappa shape index (κ1) is 13.6. The summed E-state index contributed by atoms with van der Waals surface area (Å²) in [5, 5.41) is 9.27. The zero-order valence-corrected chi connectivity index (χ0v) is 11.4. The fraction of sp³-hybridized carbons (Fsp3) is 0.333. The van der Waals surface area contributed by atoms with Crippen molar-refractivity contribution in [2.24, 2.45) is 0 Å². The predicted molar refractivity (Wildman–Crippen MR) is 75.3 cm³/mol. The molecule has 5 nitrogen and oxygen atoms in total. The molecule has 0 spiro atoms. The van der Waals surface area contributed by atoms with Crippen LogP contribution in [0.5, 0.6) is 0 Å². The van der Waals surface area contributed by atoms with Crippen molar-refractivity contribution in [3.63, 3.8) is 0 Å². The van der Waals surface area contributed by atoms with Crippen molar-refractivity contribution in [2.75, 3.05) is 6.54 Å². The molecule has 21 heavy (non-hydrogen) atoms. The minimum Gasteiger partial charge on any atom is -0.465 e. The number of aromatic amines is 1. The minimum absolute atomic E-state index is 0.231. The van der Waals surface area contributed by atoms with Crippen molar-refractivity contribution >= 4 is 6.09 Å². The lowest BCUT2D eigenvalue weighted by Crippen LogP contribution is -2.37. The van der Waals surface area contributed by atoms with Crippen LogP contribution in [0.15, 0.2) is 30.5 Å². The Morgan fingerprint density at radius 2 is 2.10 bits per heavy atom. The van der Waals surface area contributed by atoms with Crippen LogP contribution in [-0.4, -0.2) is 32.6 Å². The molecule has 0 bridgehead atoms. The number of imidazole rings is 1. The van der Waals surface area contributed by atoms with Gasteiger partial charge in [0.25, 0.3) is 0 Å². The van der Waals surface area contributed by atoms with E-state index in [1.807, 2.05) is 0 Å². The third kappa shape index (κ3) is 2.74. The molecule has 1 atom stereocenters.